The van der Waals surface area contributed by atoms with Crippen molar-refractivity contribution in [2.45, 2.75) is 77.3 Å². The van der Waals surface area contributed by atoms with Gasteiger partial charge in [-0.2, -0.15) is 0 Å². The monoisotopic (exact) mass is 318 g/mol. The van der Waals surface area contributed by atoms with Gasteiger partial charge in [0.15, 0.2) is 0 Å². The molecule has 0 aliphatic heterocycles. The highest BCUT2D eigenvalue weighted by atomic mass is 28.4. The fraction of sp³-hybridized carbons (Fsp3) is 0.938. The summed E-state index contributed by atoms with van der Waals surface area (Å²) in [5.41, 5.74) is -0.304. The lowest BCUT2D eigenvalue weighted by Crippen LogP contribution is -2.44. The zero-order valence-electron chi connectivity index (χ0n) is 14.6. The molecule has 0 aromatic carbocycles. The first-order valence-corrected chi connectivity index (χ1v) is 10.7. The second kappa shape index (κ2) is 12.2. The van der Waals surface area contributed by atoms with Gasteiger partial charge in [0, 0.05) is 14.2 Å². The molecule has 0 aromatic heterocycles. The second-order valence-corrected chi connectivity index (χ2v) is 9.50. The molecule has 0 heterocycles. The average Bonchev–Trinajstić information content (AvgIpc) is 2.51. The molecule has 0 saturated heterocycles. The predicted octanol–water partition coefficient (Wildman–Crippen LogP) is 4.43. The van der Waals surface area contributed by atoms with Gasteiger partial charge < -0.3 is 13.6 Å². The average molecular weight is 319 g/mol. The van der Waals surface area contributed by atoms with Crippen LogP contribution in [0.25, 0.3) is 0 Å². The van der Waals surface area contributed by atoms with Gasteiger partial charge in [-0.3, -0.25) is 4.79 Å². The quantitative estimate of drug-likeness (QED) is 0.286. The molecule has 5 heteroatoms. The minimum atomic E-state index is -2.43. The minimum absolute atomic E-state index is 0.198. The van der Waals surface area contributed by atoms with Crippen LogP contribution in [0.1, 0.15) is 65.2 Å². The molecular formula is C16H34O4Si. The van der Waals surface area contributed by atoms with Crippen LogP contribution < -0.4 is 0 Å². The van der Waals surface area contributed by atoms with Crippen molar-refractivity contribution in [2.75, 3.05) is 20.8 Å². The highest BCUT2D eigenvalue weighted by molar-refractivity contribution is 6.70. The fourth-order valence-electron chi connectivity index (χ4n) is 2.18. The van der Waals surface area contributed by atoms with E-state index in [0.29, 0.717) is 6.61 Å². The maximum Gasteiger partial charge on any atom is 0.348 e. The molecule has 21 heavy (non-hydrogen) atoms. The number of carbonyl (C=O) groups excluding carboxylic acids is 1. The van der Waals surface area contributed by atoms with E-state index < -0.39 is 8.56 Å². The zero-order valence-corrected chi connectivity index (χ0v) is 15.6. The number of unbranched alkanes of at least 4 members (excludes halogenated alkanes) is 7. The van der Waals surface area contributed by atoms with Crippen molar-refractivity contribution in [1.82, 2.24) is 0 Å². The van der Waals surface area contributed by atoms with E-state index in [1.807, 2.05) is 13.5 Å². The molecule has 126 valence electrons. The molecule has 1 unspecified atom stereocenters. The van der Waals surface area contributed by atoms with Crippen LogP contribution in [0.3, 0.4) is 0 Å². The third kappa shape index (κ3) is 8.59. The third-order valence-electron chi connectivity index (χ3n) is 4.19. The molecule has 0 radical (unpaired) electrons. The van der Waals surface area contributed by atoms with Crippen LogP contribution in [-0.4, -0.2) is 35.4 Å². The van der Waals surface area contributed by atoms with Crippen molar-refractivity contribution in [3.05, 3.63) is 0 Å². The Balaban J connectivity index is 3.66. The molecule has 1 atom stereocenters. The van der Waals surface area contributed by atoms with Gasteiger partial charge in [-0.05, 0) is 19.9 Å². The van der Waals surface area contributed by atoms with Gasteiger partial charge >= 0.3 is 14.5 Å². The van der Waals surface area contributed by atoms with E-state index in [9.17, 15) is 4.79 Å². The lowest BCUT2D eigenvalue weighted by atomic mass is 10.1. The fourth-order valence-corrected chi connectivity index (χ4v) is 3.57. The van der Waals surface area contributed by atoms with Crippen molar-refractivity contribution in [3.8, 4) is 0 Å². The SMILES string of the molecule is CCCCCCCCCCOC(=O)C(C)[Si](C)(OC)OC. The Morgan fingerprint density at radius 3 is 1.90 bits per heavy atom. The van der Waals surface area contributed by atoms with E-state index in [-0.39, 0.29) is 11.5 Å². The van der Waals surface area contributed by atoms with Gasteiger partial charge in [-0.25, -0.2) is 0 Å². The third-order valence-corrected chi connectivity index (χ3v) is 7.62. The lowest BCUT2D eigenvalue weighted by Gasteiger charge is -2.27. The highest BCUT2D eigenvalue weighted by Crippen LogP contribution is 2.24. The van der Waals surface area contributed by atoms with Crippen LogP contribution in [0.2, 0.25) is 12.1 Å². The van der Waals surface area contributed by atoms with Gasteiger partial charge in [0.1, 0.15) is 0 Å². The highest BCUT2D eigenvalue weighted by Gasteiger charge is 2.42. The summed E-state index contributed by atoms with van der Waals surface area (Å²) >= 11 is 0. The number of carbonyl (C=O) groups is 1. The molecule has 0 aromatic rings. The van der Waals surface area contributed by atoms with Crippen molar-refractivity contribution in [2.24, 2.45) is 0 Å². The van der Waals surface area contributed by atoms with E-state index in [0.717, 1.165) is 12.8 Å². The first kappa shape index (κ1) is 20.6. The molecule has 0 rings (SSSR count). The summed E-state index contributed by atoms with van der Waals surface area (Å²) in [5, 5.41) is 0. The minimum Gasteiger partial charge on any atom is -0.466 e. The van der Waals surface area contributed by atoms with Gasteiger partial charge in [0.25, 0.3) is 0 Å². The summed E-state index contributed by atoms with van der Waals surface area (Å²) in [6.07, 6.45) is 9.93. The van der Waals surface area contributed by atoms with Crippen molar-refractivity contribution in [3.63, 3.8) is 0 Å². The summed E-state index contributed by atoms with van der Waals surface area (Å²) in [6.45, 7) is 6.46. The topological polar surface area (TPSA) is 44.8 Å². The molecule has 4 nitrogen and oxygen atoms in total. The summed E-state index contributed by atoms with van der Waals surface area (Å²) in [7, 11) is 0.758. The largest absolute Gasteiger partial charge is 0.466 e. The van der Waals surface area contributed by atoms with Gasteiger partial charge in [-0.1, -0.05) is 51.9 Å². The van der Waals surface area contributed by atoms with Crippen molar-refractivity contribution in [1.29, 1.82) is 0 Å². The summed E-state index contributed by atoms with van der Waals surface area (Å²) in [5.74, 6) is -0.198. The van der Waals surface area contributed by atoms with Crippen LogP contribution >= 0.6 is 0 Å². The van der Waals surface area contributed by atoms with Gasteiger partial charge in [0.2, 0.25) is 0 Å². The molecule has 0 spiro atoms. The molecule has 0 fully saturated rings. The first-order valence-electron chi connectivity index (χ1n) is 8.28. The first-order chi connectivity index (χ1) is 10.0. The Labute approximate surface area is 131 Å². The van der Waals surface area contributed by atoms with E-state index in [1.54, 1.807) is 14.2 Å². The normalized spacial score (nSPS) is 13.2. The van der Waals surface area contributed by atoms with Gasteiger partial charge in [0.05, 0.1) is 12.1 Å². The maximum atomic E-state index is 12.0. The Hall–Kier alpha value is -0.393. The Morgan fingerprint density at radius 1 is 0.952 bits per heavy atom. The van der Waals surface area contributed by atoms with E-state index in [1.165, 1.54) is 38.5 Å². The number of rotatable bonds is 13. The molecule has 0 bridgehead atoms. The Morgan fingerprint density at radius 2 is 1.43 bits per heavy atom. The van der Waals surface area contributed by atoms with Crippen LogP contribution in [0, 0.1) is 0 Å². The van der Waals surface area contributed by atoms with Crippen molar-refractivity contribution >= 4 is 14.5 Å². The molecule has 0 saturated carbocycles. The molecule has 0 aliphatic carbocycles. The molecule has 0 amide bonds. The number of esters is 1. The predicted molar refractivity (Wildman–Crippen MR) is 88.6 cm³/mol. The van der Waals surface area contributed by atoms with E-state index in [4.69, 9.17) is 13.6 Å². The second-order valence-electron chi connectivity index (χ2n) is 5.79. The molecule has 0 aliphatic rings. The number of hydrogen-bond acceptors (Lipinski definition) is 4. The van der Waals surface area contributed by atoms with Crippen LogP contribution in [0.4, 0.5) is 0 Å². The van der Waals surface area contributed by atoms with Crippen LogP contribution in [-0.2, 0) is 18.4 Å². The molecular weight excluding hydrogens is 284 g/mol. The summed E-state index contributed by atoms with van der Waals surface area (Å²) in [6, 6.07) is 0. The lowest BCUT2D eigenvalue weighted by molar-refractivity contribution is -0.144. The van der Waals surface area contributed by atoms with Crippen molar-refractivity contribution < 1.29 is 18.4 Å². The zero-order chi connectivity index (χ0) is 16.1. The number of ether oxygens (including phenoxy) is 1. The van der Waals surface area contributed by atoms with Gasteiger partial charge in [-0.15, -0.1) is 0 Å². The standard InChI is InChI=1S/C16H34O4Si/c1-6-7-8-9-10-11-12-13-14-20-16(17)15(2)21(5,18-3)19-4/h15H,6-14H2,1-5H3. The smallest absolute Gasteiger partial charge is 0.348 e. The van der Waals surface area contributed by atoms with E-state index in [2.05, 4.69) is 6.92 Å². The molecule has 0 N–H and O–H groups in total. The number of hydrogen-bond donors (Lipinski definition) is 0. The maximum absolute atomic E-state index is 12.0. The van der Waals surface area contributed by atoms with Crippen LogP contribution in [0.15, 0.2) is 0 Å². The Bertz CT molecular complexity index is 267. The van der Waals surface area contributed by atoms with E-state index >= 15 is 0 Å². The van der Waals surface area contributed by atoms with Crippen LogP contribution in [0.5, 0.6) is 0 Å². The Kier molecular flexibility index (Phi) is 12.0. The summed E-state index contributed by atoms with van der Waals surface area (Å²) in [4.78, 5) is 12.0. The summed E-state index contributed by atoms with van der Waals surface area (Å²) < 4.78 is 16.1.